The fraction of sp³-hybridized carbons (Fsp3) is 0.529. The molecule has 1 aromatic rings. The quantitative estimate of drug-likeness (QED) is 0.396. The molecular formula is C17H24FNO4. The van der Waals surface area contributed by atoms with Crippen molar-refractivity contribution >= 4 is 5.69 Å². The van der Waals surface area contributed by atoms with Gasteiger partial charge in [0, 0.05) is 33.0 Å². The summed E-state index contributed by atoms with van der Waals surface area (Å²) in [7, 11) is 3.19. The van der Waals surface area contributed by atoms with Crippen LogP contribution in [0.5, 0.6) is 0 Å². The Morgan fingerprint density at radius 2 is 1.65 bits per heavy atom. The van der Waals surface area contributed by atoms with Gasteiger partial charge in [-0.1, -0.05) is 12.2 Å². The number of hydrogen-bond donors (Lipinski definition) is 0. The van der Waals surface area contributed by atoms with E-state index in [-0.39, 0.29) is 24.8 Å². The Morgan fingerprint density at radius 1 is 1.04 bits per heavy atom. The van der Waals surface area contributed by atoms with Gasteiger partial charge < -0.3 is 23.8 Å². The molecular weight excluding hydrogens is 301 g/mol. The Bertz CT molecular complexity index is 482. The SMILES string of the molecule is COCOCC1(COCOC)C=CCN(c2ccc(F)cc2)C1. The molecule has 0 aromatic heterocycles. The van der Waals surface area contributed by atoms with Crippen LogP contribution in [0.2, 0.25) is 0 Å². The Hall–Kier alpha value is -1.47. The summed E-state index contributed by atoms with van der Waals surface area (Å²) in [5.41, 5.74) is 0.669. The number of halogens is 1. The number of methoxy groups -OCH3 is 2. The van der Waals surface area contributed by atoms with Crippen molar-refractivity contribution in [3.8, 4) is 0 Å². The van der Waals surface area contributed by atoms with Crippen LogP contribution < -0.4 is 4.90 Å². The maximum atomic E-state index is 13.1. The van der Waals surface area contributed by atoms with Gasteiger partial charge in [-0.2, -0.15) is 0 Å². The van der Waals surface area contributed by atoms with Crippen LogP contribution in [0, 0.1) is 11.2 Å². The molecule has 128 valence electrons. The molecule has 0 amide bonds. The van der Waals surface area contributed by atoms with Gasteiger partial charge in [-0.3, -0.25) is 0 Å². The summed E-state index contributed by atoms with van der Waals surface area (Å²) in [6.07, 6.45) is 4.21. The van der Waals surface area contributed by atoms with Gasteiger partial charge in [0.05, 0.1) is 18.6 Å². The molecule has 1 heterocycles. The normalized spacial score (nSPS) is 16.7. The number of benzene rings is 1. The van der Waals surface area contributed by atoms with E-state index in [1.807, 2.05) is 0 Å². The zero-order chi connectivity index (χ0) is 16.5. The van der Waals surface area contributed by atoms with Crippen molar-refractivity contribution in [3.63, 3.8) is 0 Å². The number of rotatable bonds is 9. The maximum absolute atomic E-state index is 13.1. The molecule has 0 saturated heterocycles. The Labute approximate surface area is 136 Å². The van der Waals surface area contributed by atoms with Gasteiger partial charge in [0.15, 0.2) is 0 Å². The third-order valence-electron chi connectivity index (χ3n) is 3.68. The summed E-state index contributed by atoms with van der Waals surface area (Å²) >= 11 is 0. The average Bonchev–Trinajstić information content (AvgIpc) is 2.56. The zero-order valence-corrected chi connectivity index (χ0v) is 13.7. The number of ether oxygens (including phenoxy) is 4. The van der Waals surface area contributed by atoms with Gasteiger partial charge in [-0.15, -0.1) is 0 Å². The molecule has 0 saturated carbocycles. The number of nitrogens with zero attached hydrogens (tertiary/aromatic N) is 1. The topological polar surface area (TPSA) is 40.2 Å². The maximum Gasteiger partial charge on any atom is 0.146 e. The monoisotopic (exact) mass is 325 g/mol. The number of anilines is 1. The Balaban J connectivity index is 2.08. The summed E-state index contributed by atoms with van der Waals surface area (Å²) in [5, 5.41) is 0. The molecule has 0 N–H and O–H groups in total. The molecule has 23 heavy (non-hydrogen) atoms. The Kier molecular flexibility index (Phi) is 6.98. The first-order valence-corrected chi connectivity index (χ1v) is 7.51. The average molecular weight is 325 g/mol. The lowest BCUT2D eigenvalue weighted by Gasteiger charge is -2.39. The predicted molar refractivity (Wildman–Crippen MR) is 85.8 cm³/mol. The minimum absolute atomic E-state index is 0.233. The van der Waals surface area contributed by atoms with Crippen LogP contribution in [-0.2, 0) is 18.9 Å². The summed E-state index contributed by atoms with van der Waals surface area (Å²) < 4.78 is 34.2. The summed E-state index contributed by atoms with van der Waals surface area (Å²) in [5.74, 6) is -0.237. The highest BCUT2D eigenvalue weighted by molar-refractivity contribution is 5.48. The molecule has 1 aliphatic rings. The van der Waals surface area contributed by atoms with E-state index in [0.717, 1.165) is 12.2 Å². The van der Waals surface area contributed by atoms with Crippen LogP contribution in [-0.4, -0.2) is 54.1 Å². The standard InChI is InChI=1S/C17H24FNO4/c1-20-13-22-11-17(12-23-14-21-2)8-3-9-19(10-17)16-6-4-15(18)5-7-16/h3-8H,9-14H2,1-2H3. The zero-order valence-electron chi connectivity index (χ0n) is 13.7. The fourth-order valence-corrected chi connectivity index (χ4v) is 2.66. The van der Waals surface area contributed by atoms with Crippen LogP contribution in [0.3, 0.4) is 0 Å². The smallest absolute Gasteiger partial charge is 0.146 e. The minimum atomic E-state index is -0.302. The van der Waals surface area contributed by atoms with Crippen molar-refractivity contribution in [2.75, 3.05) is 59.0 Å². The van der Waals surface area contributed by atoms with Gasteiger partial charge in [-0.05, 0) is 24.3 Å². The third kappa shape index (κ3) is 5.28. The molecule has 0 atom stereocenters. The highest BCUT2D eigenvalue weighted by Gasteiger charge is 2.33. The summed E-state index contributed by atoms with van der Waals surface area (Å²) in [6.45, 7) is 2.88. The molecule has 0 aliphatic carbocycles. The van der Waals surface area contributed by atoms with E-state index in [2.05, 4.69) is 17.1 Å². The highest BCUT2D eigenvalue weighted by atomic mass is 19.1. The first kappa shape index (κ1) is 17.9. The number of hydrogen-bond acceptors (Lipinski definition) is 5. The van der Waals surface area contributed by atoms with E-state index >= 15 is 0 Å². The van der Waals surface area contributed by atoms with Crippen LogP contribution in [0.15, 0.2) is 36.4 Å². The first-order chi connectivity index (χ1) is 11.2. The van der Waals surface area contributed by atoms with E-state index in [9.17, 15) is 4.39 Å². The van der Waals surface area contributed by atoms with Crippen LogP contribution in [0.1, 0.15) is 0 Å². The van der Waals surface area contributed by atoms with Crippen LogP contribution in [0.4, 0.5) is 10.1 Å². The molecule has 0 unspecified atom stereocenters. The van der Waals surface area contributed by atoms with E-state index in [1.165, 1.54) is 12.1 Å². The molecule has 1 aliphatic heterocycles. The van der Waals surface area contributed by atoms with Crippen LogP contribution >= 0.6 is 0 Å². The van der Waals surface area contributed by atoms with Gasteiger partial charge in [0.1, 0.15) is 19.4 Å². The van der Waals surface area contributed by atoms with Crippen molar-refractivity contribution in [1.82, 2.24) is 0 Å². The third-order valence-corrected chi connectivity index (χ3v) is 3.68. The second kappa shape index (κ2) is 8.98. The lowest BCUT2D eigenvalue weighted by Crippen LogP contribution is -2.46. The van der Waals surface area contributed by atoms with Crippen LogP contribution in [0.25, 0.3) is 0 Å². The molecule has 6 heteroatoms. The van der Waals surface area contributed by atoms with Gasteiger partial charge in [-0.25, -0.2) is 4.39 Å². The van der Waals surface area contributed by atoms with Crippen molar-refractivity contribution in [2.24, 2.45) is 5.41 Å². The van der Waals surface area contributed by atoms with Crippen molar-refractivity contribution in [2.45, 2.75) is 0 Å². The van der Waals surface area contributed by atoms with Crippen molar-refractivity contribution in [3.05, 3.63) is 42.2 Å². The summed E-state index contributed by atoms with van der Waals surface area (Å²) in [6, 6.07) is 6.51. The molecule has 0 fully saturated rings. The van der Waals surface area contributed by atoms with E-state index in [1.54, 1.807) is 26.4 Å². The van der Waals surface area contributed by atoms with Crippen molar-refractivity contribution in [1.29, 1.82) is 0 Å². The predicted octanol–water partition coefficient (Wildman–Crippen LogP) is 2.43. The molecule has 5 nitrogen and oxygen atoms in total. The van der Waals surface area contributed by atoms with E-state index in [0.29, 0.717) is 19.8 Å². The Morgan fingerprint density at radius 3 is 2.22 bits per heavy atom. The summed E-state index contributed by atoms with van der Waals surface area (Å²) in [4.78, 5) is 2.17. The molecule has 0 bridgehead atoms. The van der Waals surface area contributed by atoms with Gasteiger partial charge >= 0.3 is 0 Å². The second-order valence-electron chi connectivity index (χ2n) is 5.63. The largest absolute Gasteiger partial charge is 0.367 e. The van der Waals surface area contributed by atoms with Gasteiger partial charge in [0.2, 0.25) is 0 Å². The lowest BCUT2D eigenvalue weighted by molar-refractivity contribution is -0.0948. The van der Waals surface area contributed by atoms with Gasteiger partial charge in [0.25, 0.3) is 0 Å². The molecule has 1 aromatic carbocycles. The molecule has 2 rings (SSSR count). The fourth-order valence-electron chi connectivity index (χ4n) is 2.66. The van der Waals surface area contributed by atoms with E-state index in [4.69, 9.17) is 18.9 Å². The lowest BCUT2D eigenvalue weighted by atomic mass is 9.86. The molecule has 0 radical (unpaired) electrons. The molecule has 0 spiro atoms. The second-order valence-corrected chi connectivity index (χ2v) is 5.63. The highest BCUT2D eigenvalue weighted by Crippen LogP contribution is 2.29. The van der Waals surface area contributed by atoms with Crippen molar-refractivity contribution < 1.29 is 23.3 Å². The minimum Gasteiger partial charge on any atom is -0.367 e. The van der Waals surface area contributed by atoms with E-state index < -0.39 is 0 Å². The first-order valence-electron chi connectivity index (χ1n) is 7.51.